The molecule has 7 heteroatoms. The van der Waals surface area contributed by atoms with E-state index < -0.39 is 0 Å². The van der Waals surface area contributed by atoms with Crippen LogP contribution in [0.5, 0.6) is 5.88 Å². The van der Waals surface area contributed by atoms with Crippen LogP contribution >= 0.6 is 31.9 Å². The van der Waals surface area contributed by atoms with Gasteiger partial charge in [-0.15, -0.1) is 0 Å². The quantitative estimate of drug-likeness (QED) is 0.876. The smallest absolute Gasteiger partial charge is 0.232 e. The fourth-order valence-corrected chi connectivity index (χ4v) is 2.11. The Morgan fingerprint density at radius 3 is 2.84 bits per heavy atom. The molecule has 5 nitrogen and oxygen atoms in total. The van der Waals surface area contributed by atoms with Crippen LogP contribution in [-0.4, -0.2) is 17.1 Å². The monoisotopic (exact) mass is 382 g/mol. The van der Waals surface area contributed by atoms with Crippen LogP contribution in [0.25, 0.3) is 0 Å². The number of hydrogen-bond acceptors (Lipinski definition) is 5. The Hall–Kier alpha value is -1.65. The lowest BCUT2D eigenvalue weighted by Crippen LogP contribution is -2.00. The van der Waals surface area contributed by atoms with Crippen LogP contribution in [0.15, 0.2) is 33.3 Å². The fraction of sp³-hybridized carbons (Fsp3) is 0.0833. The van der Waals surface area contributed by atoms with E-state index in [1.165, 1.54) is 7.11 Å². The SMILES string of the molecule is COc1nc(Nc2cc(Br)ccc2C#N)ncc1Br. The van der Waals surface area contributed by atoms with Gasteiger partial charge in [-0.2, -0.15) is 10.2 Å². The Morgan fingerprint density at radius 2 is 2.16 bits per heavy atom. The number of nitrogens with one attached hydrogen (secondary N) is 1. The highest BCUT2D eigenvalue weighted by Gasteiger charge is 2.08. The van der Waals surface area contributed by atoms with Crippen LogP contribution in [0.2, 0.25) is 0 Å². The molecule has 0 amide bonds. The fourth-order valence-electron chi connectivity index (χ4n) is 1.39. The van der Waals surface area contributed by atoms with E-state index in [9.17, 15) is 0 Å². The van der Waals surface area contributed by atoms with E-state index in [2.05, 4.69) is 53.2 Å². The summed E-state index contributed by atoms with van der Waals surface area (Å²) in [6, 6.07) is 7.40. The molecular formula is C12H8Br2N4O. The Morgan fingerprint density at radius 1 is 1.37 bits per heavy atom. The molecule has 0 aliphatic rings. The van der Waals surface area contributed by atoms with Crippen molar-refractivity contribution in [2.45, 2.75) is 0 Å². The summed E-state index contributed by atoms with van der Waals surface area (Å²) < 4.78 is 6.61. The molecule has 1 aromatic heterocycles. The van der Waals surface area contributed by atoms with Gasteiger partial charge in [-0.25, -0.2) is 4.98 Å². The summed E-state index contributed by atoms with van der Waals surface area (Å²) in [5.41, 5.74) is 1.13. The van der Waals surface area contributed by atoms with Gasteiger partial charge in [0.25, 0.3) is 0 Å². The van der Waals surface area contributed by atoms with Crippen molar-refractivity contribution in [1.29, 1.82) is 5.26 Å². The number of benzene rings is 1. The van der Waals surface area contributed by atoms with Gasteiger partial charge in [0.1, 0.15) is 6.07 Å². The molecule has 0 atom stereocenters. The number of ether oxygens (including phenoxy) is 1. The Kier molecular flexibility index (Phi) is 4.35. The highest BCUT2D eigenvalue weighted by molar-refractivity contribution is 9.10. The standard InChI is InChI=1S/C12H8Br2N4O/c1-19-11-9(14)6-16-12(18-11)17-10-4-8(13)3-2-7(10)5-15/h2-4,6H,1H3,(H,16,17,18). The van der Waals surface area contributed by atoms with Crippen molar-refractivity contribution in [2.75, 3.05) is 12.4 Å². The summed E-state index contributed by atoms with van der Waals surface area (Å²) in [4.78, 5) is 8.29. The number of nitrogens with zero attached hydrogens (tertiary/aromatic N) is 3. The molecule has 19 heavy (non-hydrogen) atoms. The van der Waals surface area contributed by atoms with Crippen LogP contribution < -0.4 is 10.1 Å². The van der Waals surface area contributed by atoms with Crippen molar-refractivity contribution in [2.24, 2.45) is 0 Å². The van der Waals surface area contributed by atoms with Gasteiger partial charge in [0, 0.05) is 4.47 Å². The van der Waals surface area contributed by atoms with Crippen molar-refractivity contribution in [3.05, 3.63) is 38.9 Å². The maximum absolute atomic E-state index is 9.05. The molecule has 0 spiro atoms. The zero-order chi connectivity index (χ0) is 13.8. The van der Waals surface area contributed by atoms with Gasteiger partial charge >= 0.3 is 0 Å². The molecule has 0 saturated heterocycles. The average molecular weight is 384 g/mol. The van der Waals surface area contributed by atoms with Crippen LogP contribution in [-0.2, 0) is 0 Å². The van der Waals surface area contributed by atoms with Crippen LogP contribution in [0, 0.1) is 11.3 Å². The van der Waals surface area contributed by atoms with E-state index in [0.717, 1.165) is 4.47 Å². The molecule has 1 heterocycles. The second-order valence-corrected chi connectivity index (χ2v) is 5.25. The minimum absolute atomic E-state index is 0.356. The van der Waals surface area contributed by atoms with Crippen molar-refractivity contribution in [1.82, 2.24) is 9.97 Å². The normalized spacial score (nSPS) is 9.79. The minimum Gasteiger partial charge on any atom is -0.480 e. The maximum atomic E-state index is 9.05. The number of hydrogen-bond donors (Lipinski definition) is 1. The number of anilines is 2. The number of nitriles is 1. The number of rotatable bonds is 3. The van der Waals surface area contributed by atoms with Gasteiger partial charge in [-0.3, -0.25) is 0 Å². The highest BCUT2D eigenvalue weighted by atomic mass is 79.9. The molecular weight excluding hydrogens is 376 g/mol. The Labute approximate surface area is 126 Å². The van der Waals surface area contributed by atoms with E-state index in [0.29, 0.717) is 27.6 Å². The zero-order valence-electron chi connectivity index (χ0n) is 9.82. The van der Waals surface area contributed by atoms with Gasteiger partial charge in [0.2, 0.25) is 11.8 Å². The topological polar surface area (TPSA) is 70.8 Å². The van der Waals surface area contributed by atoms with Gasteiger partial charge in [-0.05, 0) is 34.1 Å². The van der Waals surface area contributed by atoms with Gasteiger partial charge in [0.05, 0.1) is 29.0 Å². The first-order chi connectivity index (χ1) is 9.13. The minimum atomic E-state index is 0.356. The maximum Gasteiger partial charge on any atom is 0.232 e. The summed E-state index contributed by atoms with van der Waals surface area (Å²) in [5, 5.41) is 12.0. The van der Waals surface area contributed by atoms with Gasteiger partial charge < -0.3 is 10.1 Å². The summed E-state index contributed by atoms with van der Waals surface area (Å²) in [6.07, 6.45) is 1.58. The molecule has 1 aromatic carbocycles. The first-order valence-corrected chi connectivity index (χ1v) is 6.76. The zero-order valence-corrected chi connectivity index (χ0v) is 13.0. The third-order valence-corrected chi connectivity index (χ3v) is 3.29. The first-order valence-electron chi connectivity index (χ1n) is 5.17. The van der Waals surface area contributed by atoms with Gasteiger partial charge in [0.15, 0.2) is 0 Å². The highest BCUT2D eigenvalue weighted by Crippen LogP contribution is 2.26. The van der Waals surface area contributed by atoms with Crippen LogP contribution in [0.3, 0.4) is 0 Å². The first kappa shape index (κ1) is 13.8. The molecule has 96 valence electrons. The van der Waals surface area contributed by atoms with Crippen LogP contribution in [0.1, 0.15) is 5.56 Å². The van der Waals surface area contributed by atoms with Crippen LogP contribution in [0.4, 0.5) is 11.6 Å². The second kappa shape index (κ2) is 5.99. The summed E-state index contributed by atoms with van der Waals surface area (Å²) in [6.45, 7) is 0. The van der Waals surface area contributed by atoms with E-state index in [1.807, 2.05) is 0 Å². The molecule has 0 aliphatic heterocycles. The largest absolute Gasteiger partial charge is 0.480 e. The van der Waals surface area contributed by atoms with Crippen molar-refractivity contribution in [3.8, 4) is 11.9 Å². The lowest BCUT2D eigenvalue weighted by molar-refractivity contribution is 0.394. The lowest BCUT2D eigenvalue weighted by Gasteiger charge is -2.08. The predicted octanol–water partition coefficient (Wildman–Crippen LogP) is 3.63. The van der Waals surface area contributed by atoms with E-state index in [4.69, 9.17) is 10.00 Å². The Bertz CT molecular complexity index is 655. The molecule has 0 saturated carbocycles. The summed E-state index contributed by atoms with van der Waals surface area (Å²) in [7, 11) is 1.52. The average Bonchev–Trinajstić information content (AvgIpc) is 2.41. The lowest BCUT2D eigenvalue weighted by atomic mass is 10.2. The summed E-state index contributed by atoms with van der Waals surface area (Å²) >= 11 is 6.63. The number of methoxy groups -OCH3 is 1. The third-order valence-electron chi connectivity index (χ3n) is 2.25. The molecule has 0 aliphatic carbocycles. The van der Waals surface area contributed by atoms with E-state index >= 15 is 0 Å². The Balaban J connectivity index is 2.36. The molecule has 0 radical (unpaired) electrons. The van der Waals surface area contributed by atoms with Crippen molar-refractivity contribution >= 4 is 43.5 Å². The summed E-state index contributed by atoms with van der Waals surface area (Å²) in [5.74, 6) is 0.778. The molecule has 0 fully saturated rings. The van der Waals surface area contributed by atoms with E-state index in [-0.39, 0.29) is 0 Å². The van der Waals surface area contributed by atoms with Crippen molar-refractivity contribution in [3.63, 3.8) is 0 Å². The third kappa shape index (κ3) is 3.22. The predicted molar refractivity (Wildman–Crippen MR) is 78.4 cm³/mol. The van der Waals surface area contributed by atoms with Gasteiger partial charge in [-0.1, -0.05) is 15.9 Å². The second-order valence-electron chi connectivity index (χ2n) is 3.48. The molecule has 0 unspecified atom stereocenters. The molecule has 0 bridgehead atoms. The number of halogens is 2. The molecule has 2 aromatic rings. The molecule has 1 N–H and O–H groups in total. The molecule has 2 rings (SSSR count). The van der Waals surface area contributed by atoms with E-state index in [1.54, 1.807) is 24.4 Å². The van der Waals surface area contributed by atoms with Crippen molar-refractivity contribution < 1.29 is 4.74 Å². The number of aromatic nitrogens is 2.